The van der Waals surface area contributed by atoms with Gasteiger partial charge < -0.3 is 10.2 Å². The van der Waals surface area contributed by atoms with Crippen LogP contribution < -0.4 is 10.2 Å². The van der Waals surface area contributed by atoms with Gasteiger partial charge in [-0.05, 0) is 79.5 Å². The third-order valence-electron chi connectivity index (χ3n) is 6.15. The number of pyridine rings is 1. The number of hydrogen-bond donors (Lipinski definition) is 2. The molecule has 3 heterocycles. The molecule has 0 aliphatic carbocycles. The summed E-state index contributed by atoms with van der Waals surface area (Å²) in [6.45, 7) is 3.23. The van der Waals surface area contributed by atoms with E-state index in [4.69, 9.17) is 0 Å². The van der Waals surface area contributed by atoms with Gasteiger partial charge in [-0.2, -0.15) is 5.10 Å². The summed E-state index contributed by atoms with van der Waals surface area (Å²) in [7, 11) is 3.97. The average molecular weight is 441 g/mol. The van der Waals surface area contributed by atoms with Crippen LogP contribution in [0.4, 0.5) is 11.4 Å². The number of nitrogens with one attached hydrogen (secondary N) is 2. The van der Waals surface area contributed by atoms with Gasteiger partial charge in [0.2, 0.25) is 0 Å². The van der Waals surface area contributed by atoms with Crippen molar-refractivity contribution in [2.75, 3.05) is 37.4 Å². The van der Waals surface area contributed by atoms with Gasteiger partial charge in [-0.1, -0.05) is 6.07 Å². The molecule has 5 rings (SSSR count). The quantitative estimate of drug-likeness (QED) is 0.460. The van der Waals surface area contributed by atoms with Gasteiger partial charge in [-0.3, -0.25) is 19.8 Å². The third kappa shape index (κ3) is 4.59. The molecule has 1 amide bonds. The van der Waals surface area contributed by atoms with Gasteiger partial charge >= 0.3 is 0 Å². The Bertz CT molecular complexity index is 1270. The zero-order valence-electron chi connectivity index (χ0n) is 19.0. The number of carbonyl (C=O) groups is 1. The van der Waals surface area contributed by atoms with Crippen molar-refractivity contribution in [1.29, 1.82) is 0 Å². The number of aromatic amines is 1. The van der Waals surface area contributed by atoms with E-state index in [0.29, 0.717) is 5.69 Å². The lowest BCUT2D eigenvalue weighted by atomic mass is 10.0. The van der Waals surface area contributed by atoms with Gasteiger partial charge in [0.05, 0.1) is 5.52 Å². The number of H-pyrrole nitrogens is 1. The summed E-state index contributed by atoms with van der Waals surface area (Å²) in [5.74, 6) is -0.239. The second-order valence-electron chi connectivity index (χ2n) is 8.79. The maximum Gasteiger partial charge on any atom is 0.276 e. The van der Waals surface area contributed by atoms with Crippen LogP contribution in [0.3, 0.4) is 0 Å². The molecule has 1 saturated heterocycles. The lowest BCUT2D eigenvalue weighted by Crippen LogP contribution is -2.18. The Balaban J connectivity index is 1.39. The van der Waals surface area contributed by atoms with Crippen molar-refractivity contribution in [3.63, 3.8) is 0 Å². The van der Waals surface area contributed by atoms with Crippen LogP contribution in [0.15, 0.2) is 60.9 Å². The van der Waals surface area contributed by atoms with Crippen LogP contribution in [0.25, 0.3) is 22.0 Å². The molecule has 1 aliphatic rings. The molecule has 2 aromatic carbocycles. The first-order chi connectivity index (χ1) is 16.1. The second kappa shape index (κ2) is 9.03. The fourth-order valence-electron chi connectivity index (χ4n) is 4.33. The van der Waals surface area contributed by atoms with E-state index < -0.39 is 0 Å². The first-order valence-corrected chi connectivity index (χ1v) is 11.3. The minimum Gasteiger partial charge on any atom is -0.378 e. The molecule has 2 aromatic heterocycles. The molecule has 0 spiro atoms. The van der Waals surface area contributed by atoms with E-state index in [9.17, 15) is 4.79 Å². The third-order valence-corrected chi connectivity index (χ3v) is 6.15. The molecule has 168 valence electrons. The number of rotatable bonds is 6. The van der Waals surface area contributed by atoms with Crippen molar-refractivity contribution in [3.05, 3.63) is 72.2 Å². The molecule has 1 fully saturated rings. The van der Waals surface area contributed by atoms with Crippen molar-refractivity contribution in [2.24, 2.45) is 0 Å². The molecular weight excluding hydrogens is 412 g/mol. The summed E-state index contributed by atoms with van der Waals surface area (Å²) >= 11 is 0. The number of aromatic nitrogens is 3. The number of nitrogens with zero attached hydrogens (tertiary/aromatic N) is 4. The second-order valence-corrected chi connectivity index (χ2v) is 8.79. The van der Waals surface area contributed by atoms with Crippen molar-refractivity contribution >= 4 is 28.2 Å². The predicted molar refractivity (Wildman–Crippen MR) is 133 cm³/mol. The molecule has 33 heavy (non-hydrogen) atoms. The maximum atomic E-state index is 13.0. The van der Waals surface area contributed by atoms with E-state index in [1.54, 1.807) is 0 Å². The monoisotopic (exact) mass is 440 g/mol. The van der Waals surface area contributed by atoms with Crippen LogP contribution in [0.2, 0.25) is 0 Å². The van der Waals surface area contributed by atoms with Crippen LogP contribution in [-0.2, 0) is 6.54 Å². The van der Waals surface area contributed by atoms with Crippen LogP contribution in [0.5, 0.6) is 0 Å². The van der Waals surface area contributed by atoms with E-state index in [2.05, 4.69) is 31.5 Å². The van der Waals surface area contributed by atoms with E-state index in [0.717, 1.165) is 53.0 Å². The Hall–Kier alpha value is -3.71. The molecule has 0 atom stereocenters. The lowest BCUT2D eigenvalue weighted by Gasteiger charge is -2.14. The van der Waals surface area contributed by atoms with Gasteiger partial charge in [0.1, 0.15) is 0 Å². The molecular formula is C26H28N6O. The summed E-state index contributed by atoms with van der Waals surface area (Å²) in [4.78, 5) is 21.9. The number of likely N-dealkylation sites (tertiary alicyclic amines) is 1. The first-order valence-electron chi connectivity index (χ1n) is 11.3. The van der Waals surface area contributed by atoms with Crippen molar-refractivity contribution in [2.45, 2.75) is 19.4 Å². The molecule has 0 saturated carbocycles. The van der Waals surface area contributed by atoms with Crippen LogP contribution >= 0.6 is 0 Å². The molecule has 1 aliphatic heterocycles. The highest BCUT2D eigenvalue weighted by Crippen LogP contribution is 2.27. The standard InChI is InChI=1S/C26H28N6O/c1-31(2)22-8-6-21(7-9-22)28-26(33)25-23-14-19(5-10-24(23)29-30-25)20-13-18(15-27-16-20)17-32-11-3-4-12-32/h5-10,13-16H,3-4,11-12,17H2,1-2H3,(H,28,33)(H,29,30). The zero-order valence-corrected chi connectivity index (χ0v) is 19.0. The molecule has 2 N–H and O–H groups in total. The Morgan fingerprint density at radius 3 is 2.58 bits per heavy atom. The van der Waals surface area contributed by atoms with Gasteiger partial charge in [0, 0.05) is 55.4 Å². The van der Waals surface area contributed by atoms with Crippen molar-refractivity contribution in [1.82, 2.24) is 20.1 Å². The Morgan fingerprint density at radius 1 is 1.03 bits per heavy atom. The molecule has 0 radical (unpaired) electrons. The SMILES string of the molecule is CN(C)c1ccc(NC(=O)c2n[nH]c3ccc(-c4cncc(CN5CCCC5)c4)cc23)cc1. The van der Waals surface area contributed by atoms with E-state index in [1.165, 1.54) is 18.4 Å². The smallest absolute Gasteiger partial charge is 0.276 e. The van der Waals surface area contributed by atoms with Crippen LogP contribution in [-0.4, -0.2) is 53.2 Å². The molecule has 4 aromatic rings. The van der Waals surface area contributed by atoms with Crippen molar-refractivity contribution in [3.8, 4) is 11.1 Å². The van der Waals surface area contributed by atoms with Gasteiger partial charge in [-0.25, -0.2) is 0 Å². The highest BCUT2D eigenvalue weighted by Gasteiger charge is 2.16. The van der Waals surface area contributed by atoms with Crippen molar-refractivity contribution < 1.29 is 4.79 Å². The Labute approximate surface area is 193 Å². The number of hydrogen-bond acceptors (Lipinski definition) is 5. The van der Waals surface area contributed by atoms with E-state index >= 15 is 0 Å². The average Bonchev–Trinajstić information content (AvgIpc) is 3.49. The van der Waals surface area contributed by atoms with Crippen LogP contribution in [0, 0.1) is 0 Å². The largest absolute Gasteiger partial charge is 0.378 e. The van der Waals surface area contributed by atoms with Gasteiger partial charge in [0.15, 0.2) is 5.69 Å². The lowest BCUT2D eigenvalue weighted by molar-refractivity contribution is 0.102. The summed E-state index contributed by atoms with van der Waals surface area (Å²) in [6, 6.07) is 15.9. The molecule has 7 heteroatoms. The molecule has 7 nitrogen and oxygen atoms in total. The number of carbonyl (C=O) groups excluding carboxylic acids is 1. The van der Waals surface area contributed by atoms with Gasteiger partial charge in [-0.15, -0.1) is 0 Å². The highest BCUT2D eigenvalue weighted by molar-refractivity contribution is 6.11. The predicted octanol–water partition coefficient (Wildman–Crippen LogP) is 4.54. The summed E-state index contributed by atoms with van der Waals surface area (Å²) in [5.41, 5.74) is 6.28. The van der Waals surface area contributed by atoms with E-state index in [1.807, 2.05) is 73.9 Å². The fourth-order valence-corrected chi connectivity index (χ4v) is 4.33. The van der Waals surface area contributed by atoms with Crippen LogP contribution in [0.1, 0.15) is 28.9 Å². The number of amides is 1. The summed E-state index contributed by atoms with van der Waals surface area (Å²) in [5, 5.41) is 11.0. The minimum atomic E-state index is -0.239. The fraction of sp³-hybridized carbons (Fsp3) is 0.269. The Kier molecular flexibility index (Phi) is 5.79. The summed E-state index contributed by atoms with van der Waals surface area (Å²) < 4.78 is 0. The summed E-state index contributed by atoms with van der Waals surface area (Å²) in [6.07, 6.45) is 6.36. The number of anilines is 2. The maximum absolute atomic E-state index is 13.0. The highest BCUT2D eigenvalue weighted by atomic mass is 16.1. The minimum absolute atomic E-state index is 0.239. The van der Waals surface area contributed by atoms with E-state index in [-0.39, 0.29) is 5.91 Å². The Morgan fingerprint density at radius 2 is 1.82 bits per heavy atom. The normalized spacial score (nSPS) is 14.0. The van der Waals surface area contributed by atoms with Gasteiger partial charge in [0.25, 0.3) is 5.91 Å². The zero-order chi connectivity index (χ0) is 22.8. The topological polar surface area (TPSA) is 77.1 Å². The first kappa shape index (κ1) is 21.2. The molecule has 0 bridgehead atoms. The number of benzene rings is 2. The number of fused-ring (bicyclic) bond motifs is 1. The molecule has 0 unspecified atom stereocenters.